The van der Waals surface area contributed by atoms with Crippen LogP contribution in [0.4, 0.5) is 4.79 Å². The van der Waals surface area contributed by atoms with Crippen LogP contribution in [0.15, 0.2) is 29.0 Å². The van der Waals surface area contributed by atoms with Crippen LogP contribution in [0, 0.1) is 5.92 Å². The number of urea groups is 1. The summed E-state index contributed by atoms with van der Waals surface area (Å²) < 4.78 is 5.66. The zero-order chi connectivity index (χ0) is 16.7. The van der Waals surface area contributed by atoms with E-state index in [9.17, 15) is 4.79 Å². The van der Waals surface area contributed by atoms with Crippen LogP contribution >= 0.6 is 0 Å². The first-order chi connectivity index (χ1) is 11.6. The molecule has 2 aromatic heterocycles. The van der Waals surface area contributed by atoms with E-state index in [1.165, 1.54) is 0 Å². The zero-order valence-electron chi connectivity index (χ0n) is 14.0. The second kappa shape index (κ2) is 5.58. The summed E-state index contributed by atoms with van der Waals surface area (Å²) in [4.78, 5) is 24.7. The normalized spacial score (nSPS) is 25.8. The van der Waals surface area contributed by atoms with Crippen molar-refractivity contribution in [3.63, 3.8) is 0 Å². The van der Waals surface area contributed by atoms with E-state index in [0.29, 0.717) is 24.2 Å². The molecule has 1 saturated carbocycles. The molecular weight excluding hydrogens is 306 g/mol. The highest BCUT2D eigenvalue weighted by Gasteiger charge is 2.55. The molecule has 0 unspecified atom stereocenters. The monoisotopic (exact) mass is 327 g/mol. The average molecular weight is 327 g/mol. The molecule has 1 aliphatic heterocycles. The average Bonchev–Trinajstić information content (AvgIpc) is 3.28. The molecule has 0 bridgehead atoms. The van der Waals surface area contributed by atoms with Gasteiger partial charge in [-0.1, -0.05) is 11.6 Å². The first-order valence-corrected chi connectivity index (χ1v) is 8.31. The Hall–Kier alpha value is -2.44. The molecule has 0 spiro atoms. The highest BCUT2D eigenvalue weighted by atomic mass is 16.5. The number of fused-ring (bicyclic) bond motifs is 1. The maximum absolute atomic E-state index is 12.4. The molecule has 3 heterocycles. The Labute approximate surface area is 140 Å². The highest BCUT2D eigenvalue weighted by molar-refractivity contribution is 5.74. The number of aromatic nitrogens is 3. The Balaban J connectivity index is 1.65. The van der Waals surface area contributed by atoms with E-state index in [-0.39, 0.29) is 11.4 Å². The standard InChI is InChI=1S/C17H21N5O2/c1-21(2)16(23)22-10-13-6-3-7-17(13,11-22)15-19-14(20-24-15)12-5-4-8-18-9-12/h4-5,8-9,13H,3,6-7,10-11H2,1-2H3/t13-,17-/m1/s1. The van der Waals surface area contributed by atoms with E-state index in [4.69, 9.17) is 4.52 Å². The Morgan fingerprint density at radius 2 is 2.33 bits per heavy atom. The minimum atomic E-state index is -0.195. The van der Waals surface area contributed by atoms with Gasteiger partial charge in [-0.15, -0.1) is 0 Å². The molecule has 1 aliphatic carbocycles. The van der Waals surface area contributed by atoms with Gasteiger partial charge in [0.2, 0.25) is 11.7 Å². The smallest absolute Gasteiger partial charge is 0.319 e. The van der Waals surface area contributed by atoms with Crippen molar-refractivity contribution in [1.82, 2.24) is 24.9 Å². The minimum absolute atomic E-state index is 0.0516. The Morgan fingerprint density at radius 3 is 3.08 bits per heavy atom. The lowest BCUT2D eigenvalue weighted by molar-refractivity contribution is 0.175. The summed E-state index contributed by atoms with van der Waals surface area (Å²) in [6.45, 7) is 1.42. The number of carbonyl (C=O) groups is 1. The van der Waals surface area contributed by atoms with Crippen LogP contribution in [0.3, 0.4) is 0 Å². The van der Waals surface area contributed by atoms with Crippen LogP contribution < -0.4 is 0 Å². The zero-order valence-corrected chi connectivity index (χ0v) is 14.0. The number of nitrogens with zero attached hydrogens (tertiary/aromatic N) is 5. The molecule has 2 aliphatic rings. The van der Waals surface area contributed by atoms with Gasteiger partial charge in [-0.3, -0.25) is 4.98 Å². The van der Waals surface area contributed by atoms with E-state index in [2.05, 4.69) is 15.1 Å². The summed E-state index contributed by atoms with van der Waals surface area (Å²) in [6.07, 6.45) is 6.68. The van der Waals surface area contributed by atoms with Gasteiger partial charge in [0.25, 0.3) is 0 Å². The summed E-state index contributed by atoms with van der Waals surface area (Å²) in [7, 11) is 3.58. The van der Waals surface area contributed by atoms with Gasteiger partial charge in [-0.05, 0) is 30.9 Å². The van der Waals surface area contributed by atoms with Crippen molar-refractivity contribution in [3.05, 3.63) is 30.4 Å². The van der Waals surface area contributed by atoms with Crippen molar-refractivity contribution in [2.75, 3.05) is 27.2 Å². The highest BCUT2D eigenvalue weighted by Crippen LogP contribution is 2.50. The maximum Gasteiger partial charge on any atom is 0.319 e. The van der Waals surface area contributed by atoms with Crippen LogP contribution in [0.2, 0.25) is 0 Å². The van der Waals surface area contributed by atoms with Gasteiger partial charge in [0, 0.05) is 45.1 Å². The van der Waals surface area contributed by atoms with Gasteiger partial charge in [-0.25, -0.2) is 4.79 Å². The third-order valence-corrected chi connectivity index (χ3v) is 5.30. The Kier molecular flexibility index (Phi) is 3.51. The van der Waals surface area contributed by atoms with E-state index in [1.54, 1.807) is 31.4 Å². The van der Waals surface area contributed by atoms with Crippen LogP contribution in [0.5, 0.6) is 0 Å². The van der Waals surface area contributed by atoms with Crippen LogP contribution in [0.25, 0.3) is 11.4 Å². The van der Waals surface area contributed by atoms with Crippen molar-refractivity contribution in [2.24, 2.45) is 5.92 Å². The van der Waals surface area contributed by atoms with Crippen molar-refractivity contribution in [3.8, 4) is 11.4 Å². The number of hydrogen-bond donors (Lipinski definition) is 0. The number of amides is 2. The molecule has 126 valence electrons. The number of rotatable bonds is 2. The van der Waals surface area contributed by atoms with Crippen LogP contribution in [-0.2, 0) is 5.41 Å². The third kappa shape index (κ3) is 2.26. The first-order valence-electron chi connectivity index (χ1n) is 8.31. The van der Waals surface area contributed by atoms with Gasteiger partial charge in [0.15, 0.2) is 0 Å². The minimum Gasteiger partial charge on any atom is -0.338 e. The van der Waals surface area contributed by atoms with E-state index >= 15 is 0 Å². The SMILES string of the molecule is CN(C)C(=O)N1C[C@H]2CCC[C@@]2(c2nc(-c3cccnc3)no2)C1. The molecule has 2 fully saturated rings. The summed E-state index contributed by atoms with van der Waals surface area (Å²) in [6, 6.07) is 3.83. The van der Waals surface area contributed by atoms with Gasteiger partial charge in [-0.2, -0.15) is 4.98 Å². The number of likely N-dealkylation sites (tertiary alicyclic amines) is 1. The largest absolute Gasteiger partial charge is 0.338 e. The van der Waals surface area contributed by atoms with Crippen LogP contribution in [-0.4, -0.2) is 58.1 Å². The molecule has 2 aromatic rings. The van der Waals surface area contributed by atoms with Crippen molar-refractivity contribution >= 4 is 6.03 Å². The van der Waals surface area contributed by atoms with Gasteiger partial charge in [0.05, 0.1) is 5.41 Å². The number of carbonyl (C=O) groups excluding carboxylic acids is 1. The van der Waals surface area contributed by atoms with Gasteiger partial charge < -0.3 is 14.3 Å². The van der Waals surface area contributed by atoms with Gasteiger partial charge >= 0.3 is 6.03 Å². The van der Waals surface area contributed by atoms with Crippen molar-refractivity contribution in [1.29, 1.82) is 0 Å². The fourth-order valence-corrected chi connectivity index (χ4v) is 4.11. The number of hydrogen-bond acceptors (Lipinski definition) is 5. The molecule has 1 saturated heterocycles. The van der Waals surface area contributed by atoms with E-state index < -0.39 is 0 Å². The molecule has 24 heavy (non-hydrogen) atoms. The second-order valence-electron chi connectivity index (χ2n) is 6.97. The lowest BCUT2D eigenvalue weighted by Gasteiger charge is -2.25. The predicted octanol–water partition coefficient (Wildman–Crippen LogP) is 2.17. The quantitative estimate of drug-likeness (QED) is 0.845. The van der Waals surface area contributed by atoms with Gasteiger partial charge in [0.1, 0.15) is 0 Å². The fraction of sp³-hybridized carbons (Fsp3) is 0.529. The molecule has 2 atom stereocenters. The third-order valence-electron chi connectivity index (χ3n) is 5.30. The molecule has 7 nitrogen and oxygen atoms in total. The predicted molar refractivity (Wildman–Crippen MR) is 87.2 cm³/mol. The van der Waals surface area contributed by atoms with E-state index in [1.807, 2.05) is 17.0 Å². The molecule has 2 amide bonds. The van der Waals surface area contributed by atoms with Crippen molar-refractivity contribution < 1.29 is 9.32 Å². The Bertz CT molecular complexity index is 744. The molecule has 4 rings (SSSR count). The lowest BCUT2D eigenvalue weighted by atomic mass is 9.80. The molecule has 0 aromatic carbocycles. The lowest BCUT2D eigenvalue weighted by Crippen LogP contribution is -2.40. The fourth-order valence-electron chi connectivity index (χ4n) is 4.11. The molecule has 7 heteroatoms. The maximum atomic E-state index is 12.4. The topological polar surface area (TPSA) is 75.4 Å². The molecule has 0 radical (unpaired) electrons. The summed E-state index contributed by atoms with van der Waals surface area (Å²) in [5.41, 5.74) is 0.650. The summed E-state index contributed by atoms with van der Waals surface area (Å²) in [5.74, 6) is 1.62. The molecular formula is C17H21N5O2. The first kappa shape index (κ1) is 15.1. The summed E-state index contributed by atoms with van der Waals surface area (Å²) in [5, 5.41) is 4.15. The second-order valence-corrected chi connectivity index (χ2v) is 6.97. The molecule has 0 N–H and O–H groups in total. The summed E-state index contributed by atoms with van der Waals surface area (Å²) >= 11 is 0. The van der Waals surface area contributed by atoms with Crippen LogP contribution in [0.1, 0.15) is 25.2 Å². The van der Waals surface area contributed by atoms with E-state index in [0.717, 1.165) is 31.4 Å². The number of pyridine rings is 1. The van der Waals surface area contributed by atoms with Crippen molar-refractivity contribution in [2.45, 2.75) is 24.7 Å². The Morgan fingerprint density at radius 1 is 1.46 bits per heavy atom.